The van der Waals surface area contributed by atoms with Crippen molar-refractivity contribution in [2.24, 2.45) is 5.41 Å². The molecule has 1 aromatic carbocycles. The number of nitrogens with two attached hydrogens (primary N) is 1. The first-order valence-corrected chi connectivity index (χ1v) is 9.72. The quantitative estimate of drug-likeness (QED) is 0.348. The number of benzene rings is 1. The highest BCUT2D eigenvalue weighted by Crippen LogP contribution is 2.23. The van der Waals surface area contributed by atoms with Gasteiger partial charge >= 0.3 is 0 Å². The van der Waals surface area contributed by atoms with E-state index in [9.17, 15) is 10.1 Å². The van der Waals surface area contributed by atoms with Gasteiger partial charge in [0.15, 0.2) is 0 Å². The normalized spacial score (nSPS) is 13.4. The highest BCUT2D eigenvalue weighted by Gasteiger charge is 2.26. The summed E-state index contributed by atoms with van der Waals surface area (Å²) in [7, 11) is -0.772. The average molecular weight is 324 g/mol. The van der Waals surface area contributed by atoms with Gasteiger partial charge in [-0.15, -0.1) is 0 Å². The molecule has 1 radical (unpaired) electrons. The summed E-state index contributed by atoms with van der Waals surface area (Å²) in [5.41, 5.74) is 7.23. The molecule has 3 N–H and O–H groups in total. The minimum atomic E-state index is -0.772. The van der Waals surface area contributed by atoms with Crippen LogP contribution < -0.4 is 11.1 Å². The Labute approximate surface area is 133 Å². The molecule has 1 rings (SSSR count). The van der Waals surface area contributed by atoms with E-state index in [1.807, 2.05) is 0 Å². The molecule has 0 aliphatic carbocycles. The molecule has 1 aromatic rings. The number of anilines is 1. The van der Waals surface area contributed by atoms with E-state index in [4.69, 9.17) is 10.2 Å². The third kappa shape index (κ3) is 5.74. The van der Waals surface area contributed by atoms with E-state index in [0.29, 0.717) is 12.2 Å². The molecule has 0 aliphatic rings. The van der Waals surface area contributed by atoms with Gasteiger partial charge in [0, 0.05) is 30.9 Å². The lowest BCUT2D eigenvalue weighted by atomic mass is 9.89. The van der Waals surface area contributed by atoms with Crippen LogP contribution >= 0.6 is 0 Å². The summed E-state index contributed by atoms with van der Waals surface area (Å²) in [6.45, 7) is 12.0. The number of non-ortho nitro benzene ring substituents is 1. The third-order valence-corrected chi connectivity index (χ3v) is 4.09. The second kappa shape index (κ2) is 7.71. The van der Waals surface area contributed by atoms with Gasteiger partial charge in [0.1, 0.15) is 0 Å². The number of nitrogen functional groups attached to an aromatic ring is 1. The number of hydrogen-bond acceptors (Lipinski definition) is 5. The Balaban J connectivity index is 2.63. The Morgan fingerprint density at radius 1 is 1.41 bits per heavy atom. The van der Waals surface area contributed by atoms with E-state index in [-0.39, 0.29) is 17.2 Å². The van der Waals surface area contributed by atoms with Crippen LogP contribution in [-0.2, 0) is 11.0 Å². The van der Waals surface area contributed by atoms with Crippen LogP contribution in [0, 0.1) is 15.5 Å². The van der Waals surface area contributed by atoms with E-state index < -0.39 is 14.0 Å². The minimum absolute atomic E-state index is 0.0151. The Bertz CT molecular complexity index is 515. The first-order chi connectivity index (χ1) is 10.1. The van der Waals surface area contributed by atoms with Crippen molar-refractivity contribution in [3.63, 3.8) is 0 Å². The van der Waals surface area contributed by atoms with Gasteiger partial charge < -0.3 is 15.5 Å². The molecule has 7 heteroatoms. The summed E-state index contributed by atoms with van der Waals surface area (Å²) in [4.78, 5) is 10.3. The van der Waals surface area contributed by atoms with E-state index in [2.05, 4.69) is 39.2 Å². The molecule has 0 aromatic heterocycles. The lowest BCUT2D eigenvalue weighted by Crippen LogP contribution is -2.41. The number of rotatable bonds is 7. The monoisotopic (exact) mass is 324 g/mol. The summed E-state index contributed by atoms with van der Waals surface area (Å²) in [5, 5.41) is 14.0. The number of nitrogens with zero attached hydrogens (tertiary/aromatic N) is 1. The second-order valence-corrected chi connectivity index (χ2v) is 8.70. The second-order valence-electron chi connectivity index (χ2n) is 6.65. The number of nitrogens with one attached hydrogen (secondary N) is 1. The third-order valence-electron chi connectivity index (χ3n) is 3.33. The van der Waals surface area contributed by atoms with Gasteiger partial charge in [0.2, 0.25) is 9.04 Å². The van der Waals surface area contributed by atoms with Gasteiger partial charge in [0.25, 0.3) is 5.69 Å². The van der Waals surface area contributed by atoms with Crippen LogP contribution in [0.5, 0.6) is 0 Å². The molecule has 123 valence electrons. The zero-order valence-electron chi connectivity index (χ0n) is 14.0. The predicted molar refractivity (Wildman–Crippen MR) is 91.0 cm³/mol. The molecule has 22 heavy (non-hydrogen) atoms. The Hall–Kier alpha value is -1.44. The molecular formula is C15H26N3O3Si. The molecule has 0 saturated heterocycles. The van der Waals surface area contributed by atoms with Crippen LogP contribution in [0.3, 0.4) is 0 Å². The van der Waals surface area contributed by atoms with Gasteiger partial charge in [-0.1, -0.05) is 20.8 Å². The Morgan fingerprint density at radius 2 is 2.05 bits per heavy atom. The van der Waals surface area contributed by atoms with Crippen molar-refractivity contribution >= 4 is 20.4 Å². The maximum absolute atomic E-state index is 10.7. The highest BCUT2D eigenvalue weighted by atomic mass is 28.3. The molecule has 0 saturated carbocycles. The van der Waals surface area contributed by atoms with E-state index in [1.165, 1.54) is 12.1 Å². The van der Waals surface area contributed by atoms with E-state index >= 15 is 0 Å². The van der Waals surface area contributed by atoms with Crippen molar-refractivity contribution in [1.29, 1.82) is 0 Å². The van der Waals surface area contributed by atoms with Crippen LogP contribution in [0.4, 0.5) is 11.4 Å². The Kier molecular flexibility index (Phi) is 6.52. The molecular weight excluding hydrogens is 298 g/mol. The van der Waals surface area contributed by atoms with Crippen molar-refractivity contribution < 1.29 is 9.35 Å². The van der Waals surface area contributed by atoms with Gasteiger partial charge in [0.05, 0.1) is 11.0 Å². The number of hydrogen-bond donors (Lipinski definition) is 2. The van der Waals surface area contributed by atoms with Crippen molar-refractivity contribution in [2.75, 3.05) is 12.3 Å². The fourth-order valence-corrected chi connectivity index (χ4v) is 3.01. The standard InChI is InChI=1S/C15H26N3O3Si/c1-15(2,3)14(21-22(4)5)10-17-9-11-6-7-12(18(19)20)8-13(11)16/h6-8,14,17H,9-10,16H2,1-5H3. The molecule has 1 unspecified atom stereocenters. The van der Waals surface area contributed by atoms with Crippen molar-refractivity contribution in [1.82, 2.24) is 5.32 Å². The Morgan fingerprint density at radius 3 is 2.50 bits per heavy atom. The van der Waals surface area contributed by atoms with Gasteiger partial charge in [-0.25, -0.2) is 0 Å². The zero-order valence-corrected chi connectivity index (χ0v) is 15.0. The summed E-state index contributed by atoms with van der Waals surface area (Å²) < 4.78 is 6.05. The smallest absolute Gasteiger partial charge is 0.271 e. The number of nitro benzene ring substituents is 1. The minimum Gasteiger partial charge on any atom is -0.412 e. The van der Waals surface area contributed by atoms with Crippen molar-refractivity contribution in [2.45, 2.75) is 46.5 Å². The summed E-state index contributed by atoms with van der Waals surface area (Å²) in [6.07, 6.45) is 0.121. The van der Waals surface area contributed by atoms with Crippen LogP contribution in [0.25, 0.3) is 0 Å². The first-order valence-electron chi connectivity index (χ1n) is 7.31. The van der Waals surface area contributed by atoms with Crippen molar-refractivity contribution in [3.8, 4) is 0 Å². The molecule has 0 aliphatic heterocycles. The van der Waals surface area contributed by atoms with Crippen LogP contribution in [0.15, 0.2) is 18.2 Å². The largest absolute Gasteiger partial charge is 0.412 e. The summed E-state index contributed by atoms with van der Waals surface area (Å²) in [6, 6.07) is 4.57. The molecule has 1 atom stereocenters. The van der Waals surface area contributed by atoms with Crippen LogP contribution in [-0.4, -0.2) is 26.6 Å². The molecule has 0 heterocycles. The lowest BCUT2D eigenvalue weighted by molar-refractivity contribution is -0.384. The highest BCUT2D eigenvalue weighted by molar-refractivity contribution is 6.48. The molecule has 0 amide bonds. The summed E-state index contributed by atoms with van der Waals surface area (Å²) in [5.74, 6) is 0. The van der Waals surface area contributed by atoms with Crippen LogP contribution in [0.2, 0.25) is 13.1 Å². The number of nitro groups is 1. The summed E-state index contributed by atoms with van der Waals surface area (Å²) >= 11 is 0. The van der Waals surface area contributed by atoms with Crippen LogP contribution in [0.1, 0.15) is 26.3 Å². The zero-order chi connectivity index (χ0) is 16.9. The molecule has 0 spiro atoms. The maximum Gasteiger partial charge on any atom is 0.271 e. The van der Waals surface area contributed by atoms with Gasteiger partial charge in [-0.2, -0.15) is 0 Å². The van der Waals surface area contributed by atoms with Gasteiger partial charge in [-0.05, 0) is 30.1 Å². The fourth-order valence-electron chi connectivity index (χ4n) is 2.00. The lowest BCUT2D eigenvalue weighted by Gasteiger charge is -2.32. The molecule has 6 nitrogen and oxygen atoms in total. The fraction of sp³-hybridized carbons (Fsp3) is 0.600. The van der Waals surface area contributed by atoms with E-state index in [0.717, 1.165) is 12.1 Å². The van der Waals surface area contributed by atoms with Gasteiger partial charge in [-0.3, -0.25) is 10.1 Å². The first kappa shape index (κ1) is 18.6. The van der Waals surface area contributed by atoms with E-state index in [1.54, 1.807) is 6.07 Å². The SMILES string of the molecule is C[Si](C)OC(CNCc1ccc([N+](=O)[O-])cc1N)C(C)(C)C. The van der Waals surface area contributed by atoms with Crippen molar-refractivity contribution in [3.05, 3.63) is 33.9 Å². The average Bonchev–Trinajstić information content (AvgIpc) is 2.37. The predicted octanol–water partition coefficient (Wildman–Crippen LogP) is 2.95. The molecule has 0 bridgehead atoms. The topological polar surface area (TPSA) is 90.4 Å². The molecule has 0 fully saturated rings. The maximum atomic E-state index is 10.7.